The van der Waals surface area contributed by atoms with E-state index in [0.29, 0.717) is 6.61 Å². The third kappa shape index (κ3) is 2.28. The molecule has 0 fully saturated rings. The van der Waals surface area contributed by atoms with E-state index in [2.05, 4.69) is 15.7 Å². The number of nitrogens with zero attached hydrogens (tertiary/aromatic N) is 3. The van der Waals surface area contributed by atoms with Crippen molar-refractivity contribution in [3.8, 4) is 0 Å². The van der Waals surface area contributed by atoms with E-state index >= 15 is 0 Å². The van der Waals surface area contributed by atoms with Gasteiger partial charge in [-0.25, -0.2) is 5.43 Å². The summed E-state index contributed by atoms with van der Waals surface area (Å²) in [7, 11) is 1.82. The van der Waals surface area contributed by atoms with Crippen LogP contribution >= 0.6 is 0 Å². The van der Waals surface area contributed by atoms with Crippen molar-refractivity contribution in [3.63, 3.8) is 0 Å². The van der Waals surface area contributed by atoms with E-state index in [1.807, 2.05) is 20.9 Å². The number of hydrogen-bond donors (Lipinski definition) is 2. The minimum Gasteiger partial charge on any atom is -0.377 e. The Kier molecular flexibility index (Phi) is 3.99. The molecule has 0 saturated heterocycles. The van der Waals surface area contributed by atoms with Crippen molar-refractivity contribution >= 4 is 0 Å². The highest BCUT2D eigenvalue weighted by atomic mass is 16.5. The van der Waals surface area contributed by atoms with Crippen LogP contribution in [0.15, 0.2) is 6.20 Å². The fraction of sp³-hybridized carbons (Fsp3) is 0.750. The molecule has 0 aliphatic heterocycles. The highest BCUT2D eigenvalue weighted by Gasteiger charge is 2.21. The Hall–Kier alpha value is -0.980. The first-order valence-corrected chi connectivity index (χ1v) is 4.63. The van der Waals surface area contributed by atoms with Gasteiger partial charge in [-0.1, -0.05) is 5.21 Å². The maximum absolute atomic E-state index is 5.47. The molecule has 1 aromatic rings. The van der Waals surface area contributed by atoms with E-state index in [1.165, 1.54) is 0 Å². The van der Waals surface area contributed by atoms with E-state index in [-0.39, 0.29) is 12.1 Å². The van der Waals surface area contributed by atoms with E-state index < -0.39 is 0 Å². The summed E-state index contributed by atoms with van der Waals surface area (Å²) in [4.78, 5) is 0. The van der Waals surface area contributed by atoms with E-state index in [1.54, 1.807) is 10.9 Å². The monoisotopic (exact) mass is 199 g/mol. The molecule has 1 rings (SSSR count). The number of nitrogens with two attached hydrogens (primary N) is 1. The maximum atomic E-state index is 5.47. The number of ether oxygens (including phenoxy) is 1. The summed E-state index contributed by atoms with van der Waals surface area (Å²) in [5, 5.41) is 7.64. The molecule has 14 heavy (non-hydrogen) atoms. The van der Waals surface area contributed by atoms with Crippen LogP contribution in [0.2, 0.25) is 0 Å². The second-order valence-corrected chi connectivity index (χ2v) is 3.09. The predicted molar refractivity (Wildman–Crippen MR) is 52.2 cm³/mol. The summed E-state index contributed by atoms with van der Waals surface area (Å²) in [6, 6.07) is -0.0880. The van der Waals surface area contributed by atoms with Gasteiger partial charge in [-0.15, -0.1) is 5.10 Å². The molecular weight excluding hydrogens is 182 g/mol. The van der Waals surface area contributed by atoms with Crippen molar-refractivity contribution in [2.45, 2.75) is 26.0 Å². The first-order valence-electron chi connectivity index (χ1n) is 4.63. The van der Waals surface area contributed by atoms with Crippen LogP contribution in [-0.4, -0.2) is 27.7 Å². The van der Waals surface area contributed by atoms with Crippen molar-refractivity contribution < 1.29 is 4.74 Å². The lowest BCUT2D eigenvalue weighted by molar-refractivity contribution is 0.0451. The maximum Gasteiger partial charge on any atom is 0.0903 e. The van der Waals surface area contributed by atoms with Gasteiger partial charge in [-0.05, 0) is 13.8 Å². The van der Waals surface area contributed by atoms with Crippen LogP contribution in [0.1, 0.15) is 25.6 Å². The lowest BCUT2D eigenvalue weighted by Crippen LogP contribution is -2.37. The van der Waals surface area contributed by atoms with Crippen LogP contribution in [0, 0.1) is 0 Å². The summed E-state index contributed by atoms with van der Waals surface area (Å²) >= 11 is 0. The van der Waals surface area contributed by atoms with Crippen LogP contribution in [0.3, 0.4) is 0 Å². The molecule has 0 aromatic carbocycles. The molecule has 0 spiro atoms. The molecule has 80 valence electrons. The molecule has 0 saturated carbocycles. The Morgan fingerprint density at radius 3 is 2.86 bits per heavy atom. The zero-order chi connectivity index (χ0) is 10.6. The lowest BCUT2D eigenvalue weighted by Gasteiger charge is -2.22. The zero-order valence-corrected chi connectivity index (χ0v) is 8.77. The van der Waals surface area contributed by atoms with Crippen LogP contribution in [-0.2, 0) is 11.8 Å². The molecule has 2 unspecified atom stereocenters. The molecule has 6 heteroatoms. The normalized spacial score (nSPS) is 15.4. The van der Waals surface area contributed by atoms with Gasteiger partial charge in [0.1, 0.15) is 0 Å². The standard InChI is InChI=1S/C8H17N5O/c1-4-14-6(2)8(11-9)7-5-10-12-13(7)3/h5-6,8,11H,4,9H2,1-3H3. The summed E-state index contributed by atoms with van der Waals surface area (Å²) in [5.41, 5.74) is 3.61. The second kappa shape index (κ2) is 5.04. The van der Waals surface area contributed by atoms with Crippen LogP contribution < -0.4 is 11.3 Å². The molecule has 2 atom stereocenters. The van der Waals surface area contributed by atoms with Gasteiger partial charge in [0.2, 0.25) is 0 Å². The van der Waals surface area contributed by atoms with E-state index in [4.69, 9.17) is 10.6 Å². The molecular formula is C8H17N5O. The average molecular weight is 199 g/mol. The second-order valence-electron chi connectivity index (χ2n) is 3.09. The van der Waals surface area contributed by atoms with Gasteiger partial charge in [0, 0.05) is 13.7 Å². The molecule has 1 aromatic heterocycles. The minimum absolute atomic E-state index is 0.0119. The predicted octanol–water partition coefficient (Wildman–Crippen LogP) is -0.255. The van der Waals surface area contributed by atoms with Gasteiger partial charge >= 0.3 is 0 Å². The largest absolute Gasteiger partial charge is 0.377 e. The van der Waals surface area contributed by atoms with Crippen molar-refractivity contribution in [2.24, 2.45) is 12.9 Å². The SMILES string of the molecule is CCOC(C)C(NN)c1cnnn1C. The Morgan fingerprint density at radius 1 is 1.71 bits per heavy atom. The highest BCUT2D eigenvalue weighted by Crippen LogP contribution is 2.16. The van der Waals surface area contributed by atoms with Gasteiger partial charge in [0.05, 0.1) is 24.0 Å². The average Bonchev–Trinajstić information content (AvgIpc) is 2.54. The Labute approximate surface area is 83.4 Å². The molecule has 1 heterocycles. The van der Waals surface area contributed by atoms with Gasteiger partial charge in [0.25, 0.3) is 0 Å². The van der Waals surface area contributed by atoms with Crippen LogP contribution in [0.4, 0.5) is 0 Å². The molecule has 3 N–H and O–H groups in total. The van der Waals surface area contributed by atoms with Crippen LogP contribution in [0.5, 0.6) is 0 Å². The van der Waals surface area contributed by atoms with Crippen molar-refractivity contribution in [1.29, 1.82) is 0 Å². The summed E-state index contributed by atoms with van der Waals surface area (Å²) in [6.45, 7) is 4.57. The Bertz CT molecular complexity index is 274. The summed E-state index contributed by atoms with van der Waals surface area (Å²) < 4.78 is 7.14. The van der Waals surface area contributed by atoms with Crippen molar-refractivity contribution in [3.05, 3.63) is 11.9 Å². The fourth-order valence-electron chi connectivity index (χ4n) is 1.40. The third-order valence-corrected chi connectivity index (χ3v) is 2.15. The number of hydrazine groups is 1. The molecule has 0 aliphatic carbocycles. The van der Waals surface area contributed by atoms with Crippen molar-refractivity contribution in [2.75, 3.05) is 6.61 Å². The summed E-state index contributed by atoms with van der Waals surface area (Å²) in [5.74, 6) is 5.47. The molecule has 0 radical (unpaired) electrons. The highest BCUT2D eigenvalue weighted by molar-refractivity contribution is 5.03. The number of aromatic nitrogens is 3. The molecule has 0 aliphatic rings. The number of hydrogen-bond acceptors (Lipinski definition) is 5. The van der Waals surface area contributed by atoms with Gasteiger partial charge in [0.15, 0.2) is 0 Å². The molecule has 0 bridgehead atoms. The fourth-order valence-corrected chi connectivity index (χ4v) is 1.40. The number of rotatable bonds is 5. The molecule has 6 nitrogen and oxygen atoms in total. The first-order chi connectivity index (χ1) is 6.70. The Morgan fingerprint density at radius 2 is 2.43 bits per heavy atom. The lowest BCUT2D eigenvalue weighted by atomic mass is 10.1. The van der Waals surface area contributed by atoms with Gasteiger partial charge in [-0.2, -0.15) is 0 Å². The van der Waals surface area contributed by atoms with Gasteiger partial charge in [-0.3, -0.25) is 10.5 Å². The van der Waals surface area contributed by atoms with E-state index in [9.17, 15) is 0 Å². The quantitative estimate of drug-likeness (QED) is 0.505. The molecule has 0 amide bonds. The minimum atomic E-state index is -0.0880. The third-order valence-electron chi connectivity index (χ3n) is 2.15. The van der Waals surface area contributed by atoms with Gasteiger partial charge < -0.3 is 4.74 Å². The number of aryl methyl sites for hydroxylation is 1. The van der Waals surface area contributed by atoms with Crippen molar-refractivity contribution in [1.82, 2.24) is 20.4 Å². The number of nitrogens with one attached hydrogen (secondary N) is 1. The topological polar surface area (TPSA) is 78.0 Å². The zero-order valence-electron chi connectivity index (χ0n) is 8.77. The smallest absolute Gasteiger partial charge is 0.0903 e. The van der Waals surface area contributed by atoms with E-state index in [0.717, 1.165) is 5.69 Å². The Balaban J connectivity index is 2.76. The first kappa shape index (κ1) is 11.1. The summed E-state index contributed by atoms with van der Waals surface area (Å²) in [6.07, 6.45) is 1.67. The van der Waals surface area contributed by atoms with Crippen LogP contribution in [0.25, 0.3) is 0 Å².